The summed E-state index contributed by atoms with van der Waals surface area (Å²) in [6.45, 7) is 7.02. The number of aromatic nitrogens is 2. The maximum absolute atomic E-state index is 11.9. The molecule has 1 heterocycles. The molecule has 0 aliphatic carbocycles. The van der Waals surface area contributed by atoms with Crippen LogP contribution in [0.1, 0.15) is 39.4 Å². The summed E-state index contributed by atoms with van der Waals surface area (Å²) in [6.07, 6.45) is 2.64. The standard InChI is InChI=1S/C11H20N2O3S/c1-9(14)10-7-12-13(8-10)5-6-17(15,16)11(2,3)4/h7-9,14H,5-6H2,1-4H3. The van der Waals surface area contributed by atoms with Gasteiger partial charge in [-0.15, -0.1) is 0 Å². The topological polar surface area (TPSA) is 72.2 Å². The first-order valence-electron chi connectivity index (χ1n) is 5.56. The smallest absolute Gasteiger partial charge is 0.157 e. The summed E-state index contributed by atoms with van der Waals surface area (Å²) in [5.74, 6) is 0.0530. The summed E-state index contributed by atoms with van der Waals surface area (Å²) in [5, 5.41) is 13.3. The van der Waals surface area contributed by atoms with Crippen molar-refractivity contribution in [2.75, 3.05) is 5.75 Å². The zero-order valence-electron chi connectivity index (χ0n) is 10.7. The Bertz CT molecular complexity index is 469. The maximum Gasteiger partial charge on any atom is 0.157 e. The Morgan fingerprint density at radius 3 is 2.47 bits per heavy atom. The van der Waals surface area contributed by atoms with Crippen LogP contribution < -0.4 is 0 Å². The van der Waals surface area contributed by atoms with Crippen LogP contribution in [0.2, 0.25) is 0 Å². The van der Waals surface area contributed by atoms with Crippen LogP contribution >= 0.6 is 0 Å². The predicted molar refractivity (Wildman–Crippen MR) is 66.4 cm³/mol. The summed E-state index contributed by atoms with van der Waals surface area (Å²) in [6, 6.07) is 0. The van der Waals surface area contributed by atoms with Crippen molar-refractivity contribution in [3.8, 4) is 0 Å². The summed E-state index contributed by atoms with van der Waals surface area (Å²) < 4.78 is 24.6. The molecule has 0 saturated heterocycles. The summed E-state index contributed by atoms with van der Waals surface area (Å²) >= 11 is 0. The predicted octanol–water partition coefficient (Wildman–Crippen LogP) is 1.15. The lowest BCUT2D eigenvalue weighted by atomic mass is 10.2. The van der Waals surface area contributed by atoms with Gasteiger partial charge in [-0.3, -0.25) is 4.68 Å². The van der Waals surface area contributed by atoms with E-state index in [1.54, 1.807) is 44.8 Å². The molecule has 0 saturated carbocycles. The minimum absolute atomic E-state index is 0.0530. The monoisotopic (exact) mass is 260 g/mol. The van der Waals surface area contributed by atoms with Crippen molar-refractivity contribution < 1.29 is 13.5 Å². The Morgan fingerprint density at radius 1 is 1.47 bits per heavy atom. The lowest BCUT2D eigenvalue weighted by molar-refractivity contribution is 0.199. The van der Waals surface area contributed by atoms with Crippen LogP contribution in [0.4, 0.5) is 0 Å². The molecule has 5 nitrogen and oxygen atoms in total. The van der Waals surface area contributed by atoms with Gasteiger partial charge in [0.05, 0.1) is 29.3 Å². The zero-order valence-corrected chi connectivity index (χ0v) is 11.5. The highest BCUT2D eigenvalue weighted by molar-refractivity contribution is 7.92. The highest BCUT2D eigenvalue weighted by atomic mass is 32.2. The van der Waals surface area contributed by atoms with Gasteiger partial charge in [-0.2, -0.15) is 5.10 Å². The molecule has 0 amide bonds. The van der Waals surface area contributed by atoms with E-state index in [0.717, 1.165) is 0 Å². The third kappa shape index (κ3) is 3.54. The molecule has 1 aromatic heterocycles. The summed E-state index contributed by atoms with van der Waals surface area (Å²) in [5.41, 5.74) is 0.693. The molecule has 0 aliphatic rings. The SMILES string of the molecule is CC(O)c1cnn(CCS(=O)(=O)C(C)(C)C)c1. The second-order valence-electron chi connectivity index (χ2n) is 5.14. The lowest BCUT2D eigenvalue weighted by Crippen LogP contribution is -2.32. The van der Waals surface area contributed by atoms with Gasteiger partial charge in [0.1, 0.15) is 0 Å². The molecule has 6 heteroatoms. The Labute approximate surface area is 102 Å². The maximum atomic E-state index is 11.9. The first-order chi connectivity index (χ1) is 7.63. The first kappa shape index (κ1) is 14.2. The van der Waals surface area contributed by atoms with Gasteiger partial charge in [0, 0.05) is 11.8 Å². The molecule has 1 unspecified atom stereocenters. The van der Waals surface area contributed by atoms with Gasteiger partial charge < -0.3 is 5.11 Å². The molecule has 0 bridgehead atoms. The molecule has 0 aromatic carbocycles. The molecule has 17 heavy (non-hydrogen) atoms. The van der Waals surface area contributed by atoms with Crippen molar-refractivity contribution >= 4 is 9.84 Å². The van der Waals surface area contributed by atoms with E-state index in [-0.39, 0.29) is 5.75 Å². The van der Waals surface area contributed by atoms with Crippen LogP contribution in [0, 0.1) is 0 Å². The van der Waals surface area contributed by atoms with Crippen LogP contribution in [0.25, 0.3) is 0 Å². The number of rotatable bonds is 4. The molecular formula is C11H20N2O3S. The fraction of sp³-hybridized carbons (Fsp3) is 0.727. The molecule has 0 fully saturated rings. The minimum atomic E-state index is -3.13. The molecule has 98 valence electrons. The molecular weight excluding hydrogens is 240 g/mol. The average Bonchev–Trinajstić information content (AvgIpc) is 2.61. The van der Waals surface area contributed by atoms with Crippen LogP contribution in [-0.4, -0.2) is 33.8 Å². The summed E-state index contributed by atoms with van der Waals surface area (Å²) in [7, 11) is -3.13. The van der Waals surface area contributed by atoms with E-state index in [1.807, 2.05) is 0 Å². The van der Waals surface area contributed by atoms with Crippen molar-refractivity contribution in [3.05, 3.63) is 18.0 Å². The van der Waals surface area contributed by atoms with E-state index in [4.69, 9.17) is 0 Å². The number of sulfone groups is 1. The summed E-state index contributed by atoms with van der Waals surface area (Å²) in [4.78, 5) is 0. The number of aryl methyl sites for hydroxylation is 1. The van der Waals surface area contributed by atoms with Gasteiger partial charge in [0.25, 0.3) is 0 Å². The van der Waals surface area contributed by atoms with E-state index in [0.29, 0.717) is 12.1 Å². The van der Waals surface area contributed by atoms with Crippen molar-refractivity contribution in [2.24, 2.45) is 0 Å². The zero-order chi connectivity index (χ0) is 13.3. The van der Waals surface area contributed by atoms with Crippen molar-refractivity contribution in [1.29, 1.82) is 0 Å². The van der Waals surface area contributed by atoms with Gasteiger partial charge in [-0.25, -0.2) is 8.42 Å². The molecule has 0 aliphatic heterocycles. The van der Waals surface area contributed by atoms with Gasteiger partial charge in [0.15, 0.2) is 9.84 Å². The van der Waals surface area contributed by atoms with Gasteiger partial charge >= 0.3 is 0 Å². The van der Waals surface area contributed by atoms with Crippen molar-refractivity contribution in [1.82, 2.24) is 9.78 Å². The number of nitrogens with zero attached hydrogens (tertiary/aromatic N) is 2. The molecule has 1 N–H and O–H groups in total. The second kappa shape index (κ2) is 4.78. The van der Waals surface area contributed by atoms with Crippen LogP contribution in [-0.2, 0) is 16.4 Å². The van der Waals surface area contributed by atoms with Crippen LogP contribution in [0.3, 0.4) is 0 Å². The normalized spacial score (nSPS) is 14.9. The third-order valence-electron chi connectivity index (χ3n) is 2.66. The van der Waals surface area contributed by atoms with Gasteiger partial charge in [-0.1, -0.05) is 0 Å². The number of hydrogen-bond donors (Lipinski definition) is 1. The molecule has 1 rings (SSSR count). The van der Waals surface area contributed by atoms with Crippen molar-refractivity contribution in [2.45, 2.75) is 45.1 Å². The molecule has 1 aromatic rings. The number of aliphatic hydroxyl groups is 1. The Hall–Kier alpha value is -0.880. The van der Waals surface area contributed by atoms with E-state index in [9.17, 15) is 13.5 Å². The fourth-order valence-corrected chi connectivity index (χ4v) is 2.28. The highest BCUT2D eigenvalue weighted by Crippen LogP contribution is 2.16. The Morgan fingerprint density at radius 2 is 2.06 bits per heavy atom. The van der Waals surface area contributed by atoms with Gasteiger partial charge in [-0.05, 0) is 27.7 Å². The van der Waals surface area contributed by atoms with Crippen LogP contribution in [0.15, 0.2) is 12.4 Å². The van der Waals surface area contributed by atoms with Gasteiger partial charge in [0.2, 0.25) is 0 Å². The Kier molecular flexibility index (Phi) is 3.99. The second-order valence-corrected chi connectivity index (χ2v) is 8.01. The highest BCUT2D eigenvalue weighted by Gasteiger charge is 2.28. The van der Waals surface area contributed by atoms with E-state index in [1.165, 1.54) is 0 Å². The largest absolute Gasteiger partial charge is 0.389 e. The molecule has 0 radical (unpaired) electrons. The number of aliphatic hydroxyl groups excluding tert-OH is 1. The third-order valence-corrected chi connectivity index (χ3v) is 5.24. The van der Waals surface area contributed by atoms with Crippen LogP contribution in [0.5, 0.6) is 0 Å². The lowest BCUT2D eigenvalue weighted by Gasteiger charge is -2.18. The van der Waals surface area contributed by atoms with E-state index >= 15 is 0 Å². The Balaban J connectivity index is 2.68. The first-order valence-corrected chi connectivity index (χ1v) is 7.21. The van der Waals surface area contributed by atoms with Crippen molar-refractivity contribution in [3.63, 3.8) is 0 Å². The number of hydrogen-bond acceptors (Lipinski definition) is 4. The fourth-order valence-electron chi connectivity index (χ4n) is 1.24. The molecule has 0 spiro atoms. The van der Waals surface area contributed by atoms with E-state index in [2.05, 4.69) is 5.10 Å². The molecule has 1 atom stereocenters. The quantitative estimate of drug-likeness (QED) is 0.881. The van der Waals surface area contributed by atoms with E-state index < -0.39 is 20.7 Å². The average molecular weight is 260 g/mol. The minimum Gasteiger partial charge on any atom is -0.389 e.